The zero-order valence-corrected chi connectivity index (χ0v) is 12.8. The third-order valence-electron chi connectivity index (χ3n) is 2.69. The van der Waals surface area contributed by atoms with Crippen LogP contribution in [0.3, 0.4) is 0 Å². The van der Waals surface area contributed by atoms with Gasteiger partial charge in [0.25, 0.3) is 0 Å². The summed E-state index contributed by atoms with van der Waals surface area (Å²) in [6.45, 7) is 2.70. The van der Waals surface area contributed by atoms with E-state index < -0.39 is 0 Å². The maximum Gasteiger partial charge on any atom is 0.0652 e. The summed E-state index contributed by atoms with van der Waals surface area (Å²) in [6, 6.07) is 7.87. The molecule has 1 aromatic heterocycles. The number of hydrogen-bond donors (Lipinski definition) is 1. The number of thiophene rings is 1. The maximum atomic E-state index is 6.15. The molecule has 1 aromatic carbocycles. The van der Waals surface area contributed by atoms with Gasteiger partial charge in [-0.3, -0.25) is 0 Å². The number of halogens is 3. The van der Waals surface area contributed by atoms with E-state index in [0.717, 1.165) is 5.56 Å². The predicted molar refractivity (Wildman–Crippen MR) is 81.0 cm³/mol. The van der Waals surface area contributed by atoms with E-state index in [2.05, 4.69) is 23.7 Å². The minimum absolute atomic E-state index is 0.260. The van der Waals surface area contributed by atoms with Crippen molar-refractivity contribution in [3.63, 3.8) is 0 Å². The molecule has 5 heteroatoms. The van der Waals surface area contributed by atoms with Crippen molar-refractivity contribution in [1.82, 2.24) is 5.32 Å². The first-order chi connectivity index (χ1) is 8.59. The molecular formula is C13H12Cl3NS. The second-order valence-corrected chi connectivity index (χ2v) is 6.11. The molecule has 96 valence electrons. The average Bonchev–Trinajstić information content (AvgIpc) is 2.87. The number of nitrogens with one attached hydrogen (secondary N) is 1. The van der Waals surface area contributed by atoms with Crippen molar-refractivity contribution in [2.75, 3.05) is 0 Å². The molecule has 18 heavy (non-hydrogen) atoms. The molecule has 0 saturated carbocycles. The molecule has 0 radical (unpaired) electrons. The summed E-state index contributed by atoms with van der Waals surface area (Å²) in [5.74, 6) is 0. The maximum absolute atomic E-state index is 6.15. The minimum Gasteiger partial charge on any atom is -0.305 e. The van der Waals surface area contributed by atoms with Crippen LogP contribution in [0.4, 0.5) is 0 Å². The summed E-state index contributed by atoms with van der Waals surface area (Å²) in [4.78, 5) is 1.28. The fourth-order valence-corrected chi connectivity index (χ4v) is 3.06. The smallest absolute Gasteiger partial charge is 0.0652 e. The van der Waals surface area contributed by atoms with E-state index in [0.29, 0.717) is 21.6 Å². The lowest BCUT2D eigenvalue weighted by Gasteiger charge is -2.14. The lowest BCUT2D eigenvalue weighted by molar-refractivity contribution is 0.583. The first-order valence-electron chi connectivity index (χ1n) is 5.48. The van der Waals surface area contributed by atoms with Gasteiger partial charge in [-0.2, -0.15) is 0 Å². The third kappa shape index (κ3) is 3.19. The van der Waals surface area contributed by atoms with Crippen molar-refractivity contribution in [2.45, 2.75) is 19.5 Å². The molecule has 0 aliphatic heterocycles. The normalized spacial score (nSPS) is 12.7. The highest BCUT2D eigenvalue weighted by Gasteiger charge is 2.12. The Bertz CT molecular complexity index is 525. The predicted octanol–water partition coefficient (Wildman–Crippen LogP) is 5.56. The fraction of sp³-hybridized carbons (Fsp3) is 0.231. The summed E-state index contributed by atoms with van der Waals surface area (Å²) in [5, 5.41) is 7.14. The Morgan fingerprint density at radius 3 is 2.56 bits per heavy atom. The molecule has 0 fully saturated rings. The van der Waals surface area contributed by atoms with Gasteiger partial charge in [-0.15, -0.1) is 11.3 Å². The molecular weight excluding hydrogens is 309 g/mol. The summed E-state index contributed by atoms with van der Waals surface area (Å²) >= 11 is 20.0. The van der Waals surface area contributed by atoms with E-state index in [1.165, 1.54) is 4.88 Å². The van der Waals surface area contributed by atoms with Crippen LogP contribution in [0.25, 0.3) is 0 Å². The van der Waals surface area contributed by atoms with E-state index in [1.54, 1.807) is 23.5 Å². The summed E-state index contributed by atoms with van der Waals surface area (Å²) in [6.07, 6.45) is 0. The molecule has 2 rings (SSSR count). The Morgan fingerprint density at radius 1 is 1.17 bits per heavy atom. The topological polar surface area (TPSA) is 12.0 Å². The first-order valence-corrected chi connectivity index (χ1v) is 7.50. The molecule has 0 bridgehead atoms. The second-order valence-electron chi connectivity index (χ2n) is 3.94. The van der Waals surface area contributed by atoms with Crippen LogP contribution in [0.5, 0.6) is 0 Å². The van der Waals surface area contributed by atoms with Crippen molar-refractivity contribution in [1.29, 1.82) is 0 Å². The standard InChI is InChI=1S/C13H12Cl3NS/c1-8(12-3-2-6-18-12)17-7-9-10(14)4-5-11(15)13(9)16/h2-6,8,17H,7H2,1H3/t8-/m1/s1. The average molecular weight is 321 g/mol. The van der Waals surface area contributed by atoms with Crippen molar-refractivity contribution < 1.29 is 0 Å². The van der Waals surface area contributed by atoms with E-state index in [-0.39, 0.29) is 6.04 Å². The van der Waals surface area contributed by atoms with Gasteiger partial charge in [-0.1, -0.05) is 40.9 Å². The highest BCUT2D eigenvalue weighted by molar-refractivity contribution is 7.10. The monoisotopic (exact) mass is 319 g/mol. The molecule has 2 aromatic rings. The minimum atomic E-state index is 0.260. The molecule has 0 unspecified atom stereocenters. The second kappa shape index (κ2) is 6.27. The van der Waals surface area contributed by atoms with Crippen molar-refractivity contribution >= 4 is 46.1 Å². The third-order valence-corrected chi connectivity index (χ3v) is 4.95. The van der Waals surface area contributed by atoms with Crippen LogP contribution in [0.15, 0.2) is 29.6 Å². The Hall–Kier alpha value is -0.250. The van der Waals surface area contributed by atoms with E-state index in [4.69, 9.17) is 34.8 Å². The Balaban J connectivity index is 2.09. The Labute approximate surface area is 126 Å². The van der Waals surface area contributed by atoms with E-state index in [9.17, 15) is 0 Å². The van der Waals surface area contributed by atoms with Gasteiger partial charge in [0.05, 0.1) is 10.0 Å². The van der Waals surface area contributed by atoms with Gasteiger partial charge in [0.1, 0.15) is 0 Å². The highest BCUT2D eigenvalue weighted by Crippen LogP contribution is 2.31. The zero-order valence-electron chi connectivity index (χ0n) is 9.71. The van der Waals surface area contributed by atoms with E-state index in [1.807, 2.05) is 6.07 Å². The molecule has 1 N–H and O–H groups in total. The number of rotatable bonds is 4. The SMILES string of the molecule is C[C@@H](NCc1c(Cl)ccc(Cl)c1Cl)c1cccs1. The first kappa shape index (κ1) is 14.2. The molecule has 0 aliphatic rings. The van der Waals surface area contributed by atoms with Gasteiger partial charge >= 0.3 is 0 Å². The zero-order chi connectivity index (χ0) is 13.1. The van der Waals surface area contributed by atoms with Gasteiger partial charge in [0.2, 0.25) is 0 Å². The van der Waals surface area contributed by atoms with Crippen molar-refractivity contribution in [2.24, 2.45) is 0 Å². The van der Waals surface area contributed by atoms with Gasteiger partial charge in [0.15, 0.2) is 0 Å². The van der Waals surface area contributed by atoms with Crippen molar-refractivity contribution in [3.05, 3.63) is 55.2 Å². The van der Waals surface area contributed by atoms with Gasteiger partial charge in [-0.05, 0) is 30.5 Å². The summed E-state index contributed by atoms with van der Waals surface area (Å²) in [7, 11) is 0. The summed E-state index contributed by atoms with van der Waals surface area (Å²) in [5.41, 5.74) is 0.842. The van der Waals surface area contributed by atoms with Crippen LogP contribution < -0.4 is 5.32 Å². The van der Waals surface area contributed by atoms with Crippen LogP contribution in [-0.2, 0) is 6.54 Å². The lowest BCUT2D eigenvalue weighted by Crippen LogP contribution is -2.17. The Kier molecular flexibility index (Phi) is 4.93. The van der Waals surface area contributed by atoms with Gasteiger partial charge in [-0.25, -0.2) is 0 Å². The highest BCUT2D eigenvalue weighted by atomic mass is 35.5. The number of benzene rings is 1. The molecule has 1 heterocycles. The van der Waals surface area contributed by atoms with Gasteiger partial charge in [0, 0.05) is 28.0 Å². The van der Waals surface area contributed by atoms with Crippen LogP contribution in [0, 0.1) is 0 Å². The van der Waals surface area contributed by atoms with Crippen LogP contribution in [-0.4, -0.2) is 0 Å². The largest absolute Gasteiger partial charge is 0.305 e. The van der Waals surface area contributed by atoms with Gasteiger partial charge < -0.3 is 5.32 Å². The number of hydrogen-bond acceptors (Lipinski definition) is 2. The quantitative estimate of drug-likeness (QED) is 0.727. The molecule has 0 saturated heterocycles. The van der Waals surface area contributed by atoms with E-state index >= 15 is 0 Å². The molecule has 1 atom stereocenters. The summed E-state index contributed by atoms with van der Waals surface area (Å²) < 4.78 is 0. The molecule has 0 spiro atoms. The lowest BCUT2D eigenvalue weighted by atomic mass is 10.2. The van der Waals surface area contributed by atoms with Crippen molar-refractivity contribution in [3.8, 4) is 0 Å². The fourth-order valence-electron chi connectivity index (χ4n) is 1.62. The van der Waals surface area contributed by atoms with Crippen LogP contribution >= 0.6 is 46.1 Å². The molecule has 1 nitrogen and oxygen atoms in total. The van der Waals surface area contributed by atoms with Crippen LogP contribution in [0.2, 0.25) is 15.1 Å². The molecule has 0 aliphatic carbocycles. The molecule has 0 amide bonds. The Morgan fingerprint density at radius 2 is 1.89 bits per heavy atom. The van der Waals surface area contributed by atoms with Crippen LogP contribution in [0.1, 0.15) is 23.4 Å².